The van der Waals surface area contributed by atoms with E-state index in [1.807, 2.05) is 12.1 Å². The second-order valence-corrected chi connectivity index (χ2v) is 3.43. The Morgan fingerprint density at radius 3 is 3.00 bits per heavy atom. The second kappa shape index (κ2) is 4.29. The third-order valence-corrected chi connectivity index (χ3v) is 2.37. The summed E-state index contributed by atoms with van der Waals surface area (Å²) in [5.74, 6) is 0.984. The lowest BCUT2D eigenvalue weighted by atomic mass is 10.0. The molecule has 1 aliphatic heterocycles. The number of hydrogen-bond donors (Lipinski definition) is 1. The molecule has 0 spiro atoms. The zero-order valence-electron chi connectivity index (χ0n) is 8.07. The molecule has 0 radical (unpaired) electrons. The first-order chi connectivity index (χ1) is 6.90. The maximum atomic E-state index is 8.71. The van der Waals surface area contributed by atoms with Crippen LogP contribution in [0.3, 0.4) is 0 Å². The first-order valence-electron chi connectivity index (χ1n) is 4.92. The van der Waals surface area contributed by atoms with Gasteiger partial charge in [0.1, 0.15) is 6.61 Å². The second-order valence-electron chi connectivity index (χ2n) is 3.43. The Kier molecular flexibility index (Phi) is 2.84. The lowest BCUT2D eigenvalue weighted by molar-refractivity contribution is 0.179. The van der Waals surface area contributed by atoms with E-state index in [9.17, 15) is 0 Å². The molecule has 0 amide bonds. The van der Waals surface area contributed by atoms with Crippen LogP contribution in [0, 0.1) is 0 Å². The molecule has 0 aliphatic carbocycles. The summed E-state index contributed by atoms with van der Waals surface area (Å²) in [6.45, 7) is 0.885. The van der Waals surface area contributed by atoms with Gasteiger partial charge in [0.25, 0.3) is 0 Å². The summed E-state index contributed by atoms with van der Waals surface area (Å²) in [4.78, 5) is 0. The molecular formula is C12H14O2. The highest BCUT2D eigenvalue weighted by molar-refractivity contribution is 5.56. The number of hydrogen-bond acceptors (Lipinski definition) is 2. The highest BCUT2D eigenvalue weighted by Crippen LogP contribution is 2.23. The fraction of sp³-hybridized carbons (Fsp3) is 0.333. The molecule has 14 heavy (non-hydrogen) atoms. The van der Waals surface area contributed by atoms with E-state index in [0.29, 0.717) is 6.61 Å². The highest BCUT2D eigenvalue weighted by atomic mass is 16.5. The Bertz CT molecular complexity index is 342. The Labute approximate surface area is 83.8 Å². The Balaban J connectivity index is 2.14. The summed E-state index contributed by atoms with van der Waals surface area (Å²) in [7, 11) is 0. The van der Waals surface area contributed by atoms with Crippen molar-refractivity contribution in [3.8, 4) is 0 Å². The number of aliphatic hydroxyl groups excluding tert-OH is 1. The summed E-state index contributed by atoms with van der Waals surface area (Å²) >= 11 is 0. The van der Waals surface area contributed by atoms with Gasteiger partial charge in [0.2, 0.25) is 0 Å². The Hall–Kier alpha value is -1.28. The molecule has 0 saturated carbocycles. The fourth-order valence-corrected chi connectivity index (χ4v) is 1.59. The van der Waals surface area contributed by atoms with Crippen molar-refractivity contribution >= 4 is 6.08 Å². The lowest BCUT2D eigenvalue weighted by Gasteiger charge is -2.17. The minimum atomic E-state index is 0.225. The van der Waals surface area contributed by atoms with Crippen molar-refractivity contribution < 1.29 is 9.84 Å². The largest absolute Gasteiger partial charge is 0.493 e. The van der Waals surface area contributed by atoms with Gasteiger partial charge in [0, 0.05) is 13.0 Å². The minimum Gasteiger partial charge on any atom is -0.493 e. The van der Waals surface area contributed by atoms with Crippen LogP contribution in [0.2, 0.25) is 0 Å². The fourth-order valence-electron chi connectivity index (χ4n) is 1.59. The van der Waals surface area contributed by atoms with Gasteiger partial charge in [-0.1, -0.05) is 24.3 Å². The summed E-state index contributed by atoms with van der Waals surface area (Å²) in [5.41, 5.74) is 2.48. The van der Waals surface area contributed by atoms with Gasteiger partial charge in [-0.25, -0.2) is 0 Å². The van der Waals surface area contributed by atoms with Gasteiger partial charge in [-0.3, -0.25) is 0 Å². The predicted octanol–water partition coefficient (Wildman–Crippen LogP) is 2.33. The zero-order chi connectivity index (χ0) is 9.80. The van der Waals surface area contributed by atoms with Gasteiger partial charge >= 0.3 is 0 Å². The third-order valence-electron chi connectivity index (χ3n) is 2.37. The van der Waals surface area contributed by atoms with Crippen LogP contribution in [0.25, 0.3) is 6.08 Å². The monoisotopic (exact) mass is 190 g/mol. The first kappa shape index (κ1) is 9.28. The van der Waals surface area contributed by atoms with Gasteiger partial charge in [0.05, 0.1) is 5.76 Å². The maximum Gasteiger partial charge on any atom is 0.113 e. The van der Waals surface area contributed by atoms with Crippen molar-refractivity contribution in [2.75, 3.05) is 6.61 Å². The predicted molar refractivity (Wildman–Crippen MR) is 55.5 cm³/mol. The van der Waals surface area contributed by atoms with Crippen LogP contribution in [0.4, 0.5) is 0 Å². The van der Waals surface area contributed by atoms with Crippen LogP contribution < -0.4 is 0 Å². The van der Waals surface area contributed by atoms with E-state index >= 15 is 0 Å². The highest BCUT2D eigenvalue weighted by Gasteiger charge is 2.09. The van der Waals surface area contributed by atoms with E-state index in [4.69, 9.17) is 9.84 Å². The van der Waals surface area contributed by atoms with Crippen LogP contribution in [-0.2, 0) is 11.3 Å². The van der Waals surface area contributed by atoms with Crippen LogP contribution in [0.15, 0.2) is 30.0 Å². The van der Waals surface area contributed by atoms with E-state index in [1.165, 1.54) is 11.1 Å². The molecule has 0 bridgehead atoms. The minimum absolute atomic E-state index is 0.225. The molecule has 0 saturated heterocycles. The Morgan fingerprint density at radius 2 is 2.14 bits per heavy atom. The van der Waals surface area contributed by atoms with Gasteiger partial charge < -0.3 is 9.84 Å². The van der Waals surface area contributed by atoms with Crippen molar-refractivity contribution in [2.45, 2.75) is 19.4 Å². The molecular weight excluding hydrogens is 176 g/mol. The first-order valence-corrected chi connectivity index (χ1v) is 4.92. The number of aliphatic hydroxyl groups is 1. The smallest absolute Gasteiger partial charge is 0.113 e. The Morgan fingerprint density at radius 1 is 1.29 bits per heavy atom. The van der Waals surface area contributed by atoms with Crippen LogP contribution in [0.1, 0.15) is 24.0 Å². The molecule has 2 nitrogen and oxygen atoms in total. The molecule has 74 valence electrons. The average Bonchev–Trinajstić information content (AvgIpc) is 2.26. The number of fused-ring (bicyclic) bond motifs is 1. The topological polar surface area (TPSA) is 29.5 Å². The molecule has 0 unspecified atom stereocenters. The third kappa shape index (κ3) is 1.96. The van der Waals surface area contributed by atoms with Crippen molar-refractivity contribution in [2.24, 2.45) is 0 Å². The van der Waals surface area contributed by atoms with Crippen molar-refractivity contribution in [1.82, 2.24) is 0 Å². The normalized spacial score (nSPS) is 14.2. The standard InChI is InChI=1S/C12H14O2/c13-7-3-6-12-8-10-4-1-2-5-11(10)9-14-12/h1-2,4-5,8,13H,3,6-7,9H2. The number of benzene rings is 1. The van der Waals surface area contributed by atoms with Gasteiger partial charge in [-0.05, 0) is 23.6 Å². The van der Waals surface area contributed by atoms with Crippen LogP contribution in [0.5, 0.6) is 0 Å². The SMILES string of the molecule is OCCCC1=Cc2ccccc2CO1. The summed E-state index contributed by atoms with van der Waals surface area (Å²) in [6, 6.07) is 8.23. The number of ether oxygens (including phenoxy) is 1. The molecule has 1 N–H and O–H groups in total. The van der Waals surface area contributed by atoms with E-state index in [2.05, 4.69) is 18.2 Å². The van der Waals surface area contributed by atoms with Crippen molar-refractivity contribution in [3.63, 3.8) is 0 Å². The lowest BCUT2D eigenvalue weighted by Crippen LogP contribution is -2.02. The quantitative estimate of drug-likeness (QED) is 0.792. The number of rotatable bonds is 3. The summed E-state index contributed by atoms with van der Waals surface area (Å²) < 4.78 is 5.56. The molecule has 1 aliphatic rings. The molecule has 1 heterocycles. The van der Waals surface area contributed by atoms with Crippen LogP contribution >= 0.6 is 0 Å². The van der Waals surface area contributed by atoms with Crippen molar-refractivity contribution in [3.05, 3.63) is 41.2 Å². The number of allylic oxidation sites excluding steroid dienone is 1. The maximum absolute atomic E-state index is 8.71. The van der Waals surface area contributed by atoms with Crippen LogP contribution in [-0.4, -0.2) is 11.7 Å². The van der Waals surface area contributed by atoms with Gasteiger partial charge in [-0.2, -0.15) is 0 Å². The molecule has 0 atom stereocenters. The summed E-state index contributed by atoms with van der Waals surface area (Å²) in [5, 5.41) is 8.71. The van der Waals surface area contributed by atoms with E-state index < -0.39 is 0 Å². The van der Waals surface area contributed by atoms with Crippen molar-refractivity contribution in [1.29, 1.82) is 0 Å². The molecule has 1 aromatic rings. The molecule has 2 heteroatoms. The van der Waals surface area contributed by atoms with Gasteiger partial charge in [-0.15, -0.1) is 0 Å². The van der Waals surface area contributed by atoms with E-state index in [0.717, 1.165) is 18.6 Å². The summed E-state index contributed by atoms with van der Waals surface area (Å²) in [6.07, 6.45) is 3.66. The zero-order valence-corrected chi connectivity index (χ0v) is 8.07. The molecule has 1 aromatic carbocycles. The molecule has 0 aromatic heterocycles. The average molecular weight is 190 g/mol. The van der Waals surface area contributed by atoms with E-state index in [1.54, 1.807) is 0 Å². The molecule has 0 fully saturated rings. The molecule has 2 rings (SSSR count). The van der Waals surface area contributed by atoms with Gasteiger partial charge in [0.15, 0.2) is 0 Å². The van der Waals surface area contributed by atoms with E-state index in [-0.39, 0.29) is 6.61 Å².